The van der Waals surface area contributed by atoms with Gasteiger partial charge in [-0.3, -0.25) is 0 Å². The Kier molecular flexibility index (Phi) is 3.73. The summed E-state index contributed by atoms with van der Waals surface area (Å²) in [6.45, 7) is 5.42. The highest BCUT2D eigenvalue weighted by atomic mass is 32.2. The van der Waals surface area contributed by atoms with E-state index in [2.05, 4.69) is 4.72 Å². The van der Waals surface area contributed by atoms with E-state index in [-0.39, 0.29) is 11.5 Å². The monoisotopic (exact) mass is 283 g/mol. The fourth-order valence-electron chi connectivity index (χ4n) is 2.41. The Morgan fingerprint density at radius 2 is 2.00 bits per heavy atom. The number of sulfonamides is 1. The highest BCUT2D eigenvalue weighted by Crippen LogP contribution is 2.40. The molecule has 1 aliphatic carbocycles. The average molecular weight is 283 g/mol. The Morgan fingerprint density at radius 1 is 1.37 bits per heavy atom. The summed E-state index contributed by atoms with van der Waals surface area (Å²) in [5.41, 5.74) is 0.844. The SMILES string of the molecule is Cc1c(CO)cccc1S(=O)(=O)NC(C)(C)C1CC1. The molecule has 19 heavy (non-hydrogen) atoms. The van der Waals surface area contributed by atoms with Crippen LogP contribution < -0.4 is 4.72 Å². The van der Waals surface area contributed by atoms with Crippen LogP contribution in [0.2, 0.25) is 0 Å². The predicted molar refractivity (Wildman–Crippen MR) is 74.2 cm³/mol. The van der Waals surface area contributed by atoms with E-state index >= 15 is 0 Å². The van der Waals surface area contributed by atoms with Gasteiger partial charge in [-0.05, 0) is 56.7 Å². The van der Waals surface area contributed by atoms with E-state index in [9.17, 15) is 13.5 Å². The number of aliphatic hydroxyl groups excluding tert-OH is 1. The van der Waals surface area contributed by atoms with Crippen LogP contribution in [0.15, 0.2) is 23.1 Å². The number of rotatable bonds is 5. The second-order valence-electron chi connectivity index (χ2n) is 5.80. The zero-order valence-electron chi connectivity index (χ0n) is 11.6. The molecule has 2 rings (SSSR count). The van der Waals surface area contributed by atoms with Gasteiger partial charge in [0.15, 0.2) is 0 Å². The molecule has 1 fully saturated rings. The third-order valence-corrected chi connectivity index (χ3v) is 5.67. The second-order valence-corrected chi connectivity index (χ2v) is 7.45. The van der Waals surface area contributed by atoms with Gasteiger partial charge < -0.3 is 5.11 Å². The van der Waals surface area contributed by atoms with Gasteiger partial charge >= 0.3 is 0 Å². The molecule has 0 saturated heterocycles. The van der Waals surface area contributed by atoms with E-state index in [0.29, 0.717) is 17.0 Å². The summed E-state index contributed by atoms with van der Waals surface area (Å²) < 4.78 is 27.7. The Labute approximate surface area is 114 Å². The summed E-state index contributed by atoms with van der Waals surface area (Å²) in [5.74, 6) is 0.420. The van der Waals surface area contributed by atoms with Crippen molar-refractivity contribution in [1.29, 1.82) is 0 Å². The van der Waals surface area contributed by atoms with Crippen molar-refractivity contribution in [2.24, 2.45) is 5.92 Å². The van der Waals surface area contributed by atoms with Crippen molar-refractivity contribution in [3.63, 3.8) is 0 Å². The van der Waals surface area contributed by atoms with Crippen LogP contribution in [-0.2, 0) is 16.6 Å². The first-order valence-corrected chi connectivity index (χ1v) is 7.99. The lowest BCUT2D eigenvalue weighted by atomic mass is 10.0. The Hall–Kier alpha value is -0.910. The molecule has 2 N–H and O–H groups in total. The lowest BCUT2D eigenvalue weighted by molar-refractivity contribution is 0.280. The van der Waals surface area contributed by atoms with E-state index in [1.54, 1.807) is 25.1 Å². The van der Waals surface area contributed by atoms with Gasteiger partial charge in [0, 0.05) is 5.54 Å². The number of benzene rings is 1. The third-order valence-electron chi connectivity index (χ3n) is 3.85. The Morgan fingerprint density at radius 3 is 2.53 bits per heavy atom. The average Bonchev–Trinajstić information content (AvgIpc) is 3.11. The van der Waals surface area contributed by atoms with Crippen molar-refractivity contribution in [2.75, 3.05) is 0 Å². The molecule has 0 aromatic heterocycles. The highest BCUT2D eigenvalue weighted by molar-refractivity contribution is 7.89. The molecule has 1 aromatic carbocycles. The van der Waals surface area contributed by atoms with Gasteiger partial charge in [-0.25, -0.2) is 13.1 Å². The first-order chi connectivity index (χ1) is 8.78. The van der Waals surface area contributed by atoms with E-state index in [0.717, 1.165) is 12.8 Å². The van der Waals surface area contributed by atoms with Crippen LogP contribution in [0.3, 0.4) is 0 Å². The van der Waals surface area contributed by atoms with E-state index < -0.39 is 15.6 Å². The lowest BCUT2D eigenvalue weighted by Crippen LogP contribution is -2.45. The molecule has 4 nitrogen and oxygen atoms in total. The van der Waals surface area contributed by atoms with Gasteiger partial charge in [-0.1, -0.05) is 12.1 Å². The zero-order chi connectivity index (χ0) is 14.3. The summed E-state index contributed by atoms with van der Waals surface area (Å²) in [4.78, 5) is 0.257. The fourth-order valence-corrected chi connectivity index (χ4v) is 4.17. The van der Waals surface area contributed by atoms with Crippen molar-refractivity contribution < 1.29 is 13.5 Å². The van der Waals surface area contributed by atoms with Gasteiger partial charge in [0.25, 0.3) is 0 Å². The maximum Gasteiger partial charge on any atom is 0.241 e. The van der Waals surface area contributed by atoms with Crippen LogP contribution >= 0.6 is 0 Å². The first-order valence-electron chi connectivity index (χ1n) is 6.51. The van der Waals surface area contributed by atoms with Crippen LogP contribution in [0, 0.1) is 12.8 Å². The number of hydrogen-bond donors (Lipinski definition) is 2. The molecule has 0 radical (unpaired) electrons. The van der Waals surface area contributed by atoms with Crippen molar-refractivity contribution in [2.45, 2.75) is 50.7 Å². The minimum Gasteiger partial charge on any atom is -0.392 e. The molecule has 0 unspecified atom stereocenters. The molecule has 0 aliphatic heterocycles. The minimum atomic E-state index is -3.55. The molecule has 0 bridgehead atoms. The Balaban J connectivity index is 2.34. The number of nitrogens with one attached hydrogen (secondary N) is 1. The molecular weight excluding hydrogens is 262 g/mol. The van der Waals surface area contributed by atoms with E-state index in [4.69, 9.17) is 0 Å². The highest BCUT2D eigenvalue weighted by Gasteiger charge is 2.40. The minimum absolute atomic E-state index is 0.152. The van der Waals surface area contributed by atoms with Crippen LogP contribution in [0.5, 0.6) is 0 Å². The van der Waals surface area contributed by atoms with Gasteiger partial charge in [0.05, 0.1) is 11.5 Å². The summed E-state index contributed by atoms with van der Waals surface area (Å²) in [5, 5.41) is 9.22. The largest absolute Gasteiger partial charge is 0.392 e. The summed E-state index contributed by atoms with van der Waals surface area (Å²) in [6.07, 6.45) is 2.15. The fraction of sp³-hybridized carbons (Fsp3) is 0.571. The van der Waals surface area contributed by atoms with Crippen LogP contribution in [-0.4, -0.2) is 19.1 Å². The number of aliphatic hydroxyl groups is 1. The van der Waals surface area contributed by atoms with Crippen molar-refractivity contribution >= 4 is 10.0 Å². The molecular formula is C14H21NO3S. The third kappa shape index (κ3) is 2.99. The van der Waals surface area contributed by atoms with Crippen LogP contribution in [0.4, 0.5) is 0 Å². The van der Waals surface area contributed by atoms with Gasteiger partial charge in [-0.15, -0.1) is 0 Å². The van der Waals surface area contributed by atoms with Crippen LogP contribution in [0.1, 0.15) is 37.8 Å². The molecule has 1 saturated carbocycles. The van der Waals surface area contributed by atoms with Crippen molar-refractivity contribution in [3.8, 4) is 0 Å². The lowest BCUT2D eigenvalue weighted by Gasteiger charge is -2.26. The van der Waals surface area contributed by atoms with Gasteiger partial charge in [0.1, 0.15) is 0 Å². The van der Waals surface area contributed by atoms with E-state index in [1.165, 1.54) is 0 Å². The summed E-state index contributed by atoms with van der Waals surface area (Å²) >= 11 is 0. The summed E-state index contributed by atoms with van der Waals surface area (Å²) in [7, 11) is -3.55. The molecule has 0 heterocycles. The van der Waals surface area contributed by atoms with Crippen molar-refractivity contribution in [3.05, 3.63) is 29.3 Å². The molecule has 1 aromatic rings. The van der Waals surface area contributed by atoms with Crippen molar-refractivity contribution in [1.82, 2.24) is 4.72 Å². The standard InChI is InChI=1S/C14H21NO3S/c1-10-11(9-16)5-4-6-13(10)19(17,18)15-14(2,3)12-7-8-12/h4-6,12,15-16H,7-9H2,1-3H3. The molecule has 0 atom stereocenters. The maximum atomic E-state index is 12.5. The zero-order valence-corrected chi connectivity index (χ0v) is 12.4. The van der Waals surface area contributed by atoms with Gasteiger partial charge in [0.2, 0.25) is 10.0 Å². The molecule has 1 aliphatic rings. The summed E-state index contributed by atoms with van der Waals surface area (Å²) in [6, 6.07) is 4.98. The predicted octanol–water partition coefficient (Wildman–Crippen LogP) is 1.95. The maximum absolute atomic E-state index is 12.5. The quantitative estimate of drug-likeness (QED) is 0.868. The van der Waals surface area contributed by atoms with E-state index in [1.807, 2.05) is 13.8 Å². The molecule has 0 amide bonds. The first kappa shape index (κ1) is 14.5. The smallest absolute Gasteiger partial charge is 0.241 e. The topological polar surface area (TPSA) is 66.4 Å². The second kappa shape index (κ2) is 4.89. The number of hydrogen-bond acceptors (Lipinski definition) is 3. The Bertz CT molecular complexity index is 574. The normalized spacial score (nSPS) is 16.6. The van der Waals surface area contributed by atoms with Gasteiger partial charge in [-0.2, -0.15) is 0 Å². The van der Waals surface area contributed by atoms with Crippen LogP contribution in [0.25, 0.3) is 0 Å². The molecule has 106 valence electrons. The molecule has 5 heteroatoms. The molecule has 0 spiro atoms.